The zero-order valence-electron chi connectivity index (χ0n) is 19.6. The number of thiophene rings is 1. The fraction of sp³-hybridized carbons (Fsp3) is 0.200. The highest BCUT2D eigenvalue weighted by Crippen LogP contribution is 2.46. The van der Waals surface area contributed by atoms with Crippen molar-refractivity contribution in [3.63, 3.8) is 0 Å². The molecule has 2 aromatic carbocycles. The number of amides is 1. The number of rotatable bonds is 8. The smallest absolute Gasteiger partial charge is 0.295 e. The Morgan fingerprint density at radius 3 is 2.19 bits per heavy atom. The Morgan fingerprint density at radius 1 is 1.06 bits per heavy atom. The number of non-ortho nitro benzene ring substituents is 1. The van der Waals surface area contributed by atoms with Crippen molar-refractivity contribution in [2.45, 2.75) is 12.6 Å². The maximum Gasteiger partial charge on any atom is 0.295 e. The summed E-state index contributed by atoms with van der Waals surface area (Å²) in [6.45, 7) is 0.126. The predicted octanol–water partition coefficient (Wildman–Crippen LogP) is 4.30. The van der Waals surface area contributed by atoms with Crippen molar-refractivity contribution in [2.24, 2.45) is 0 Å². The molecule has 11 heteroatoms. The standard InChI is InChI=1S/C25H22N2O8S/c1-33-18-11-15(12-19(34-2)24(18)35-3)21-20(22(28)14-6-8-16(9-7-14)27(31)32)23(29)25(30)26(21)13-17-5-4-10-36-17/h4-12,21,28H,13H2,1-3H3/b22-20+. The van der Waals surface area contributed by atoms with Gasteiger partial charge in [-0.05, 0) is 41.3 Å². The molecule has 1 amide bonds. The molecule has 36 heavy (non-hydrogen) atoms. The summed E-state index contributed by atoms with van der Waals surface area (Å²) in [6, 6.07) is 11.0. The Bertz CT molecular complexity index is 1320. The first kappa shape index (κ1) is 24.7. The van der Waals surface area contributed by atoms with Crippen LogP contribution in [-0.2, 0) is 16.1 Å². The van der Waals surface area contributed by atoms with Gasteiger partial charge >= 0.3 is 0 Å². The summed E-state index contributed by atoms with van der Waals surface area (Å²) < 4.78 is 16.3. The number of hydrogen-bond donors (Lipinski definition) is 1. The molecule has 1 aliphatic rings. The van der Waals surface area contributed by atoms with Crippen molar-refractivity contribution in [2.75, 3.05) is 21.3 Å². The Labute approximate surface area is 210 Å². The minimum absolute atomic E-state index is 0.126. The number of Topliss-reactive ketones (excluding diaryl/α,β-unsaturated/α-hetero) is 1. The van der Waals surface area contributed by atoms with Crippen LogP contribution in [0.4, 0.5) is 5.69 Å². The van der Waals surface area contributed by atoms with E-state index in [1.54, 1.807) is 12.1 Å². The molecule has 3 aromatic rings. The number of aliphatic hydroxyl groups excluding tert-OH is 1. The Hall–Kier alpha value is -4.38. The number of nitro benzene ring substituents is 1. The van der Waals surface area contributed by atoms with E-state index < -0.39 is 28.4 Å². The summed E-state index contributed by atoms with van der Waals surface area (Å²) in [6.07, 6.45) is 0. The number of nitro groups is 1. The van der Waals surface area contributed by atoms with Gasteiger partial charge in [0.2, 0.25) is 5.75 Å². The first-order chi connectivity index (χ1) is 17.3. The minimum atomic E-state index is -0.990. The van der Waals surface area contributed by atoms with Crippen molar-refractivity contribution in [3.8, 4) is 17.2 Å². The number of carbonyl (C=O) groups is 2. The SMILES string of the molecule is COc1cc(C2/C(=C(\O)c3ccc([N+](=O)[O-])cc3)C(=O)C(=O)N2Cc2cccs2)cc(OC)c1OC. The van der Waals surface area contributed by atoms with Crippen LogP contribution in [0.1, 0.15) is 22.0 Å². The Kier molecular flexibility index (Phi) is 6.93. The van der Waals surface area contributed by atoms with Crippen molar-refractivity contribution in [3.05, 3.63) is 85.6 Å². The van der Waals surface area contributed by atoms with Crippen molar-refractivity contribution < 1.29 is 33.8 Å². The van der Waals surface area contributed by atoms with E-state index in [9.17, 15) is 24.8 Å². The molecule has 0 saturated carbocycles. The fourth-order valence-corrected chi connectivity index (χ4v) is 4.82. The molecule has 1 fully saturated rings. The van der Waals surface area contributed by atoms with E-state index in [1.165, 1.54) is 61.8 Å². The van der Waals surface area contributed by atoms with Crippen LogP contribution in [0.2, 0.25) is 0 Å². The van der Waals surface area contributed by atoms with Crippen LogP contribution in [0.5, 0.6) is 17.2 Å². The summed E-state index contributed by atoms with van der Waals surface area (Å²) in [5.41, 5.74) is 0.279. The molecule has 1 atom stereocenters. The number of carbonyl (C=O) groups excluding carboxylic acids is 2. The second kappa shape index (κ2) is 10.1. The largest absolute Gasteiger partial charge is 0.507 e. The zero-order chi connectivity index (χ0) is 26.0. The lowest BCUT2D eigenvalue weighted by Gasteiger charge is -2.26. The van der Waals surface area contributed by atoms with Gasteiger partial charge in [0.1, 0.15) is 5.76 Å². The molecule has 1 saturated heterocycles. The number of benzene rings is 2. The number of aliphatic hydroxyl groups is 1. The van der Waals surface area contributed by atoms with Gasteiger partial charge in [-0.2, -0.15) is 0 Å². The van der Waals surface area contributed by atoms with Gasteiger partial charge in [-0.25, -0.2) is 0 Å². The Balaban J connectivity index is 1.92. The van der Waals surface area contributed by atoms with Gasteiger partial charge in [-0.15, -0.1) is 11.3 Å². The van der Waals surface area contributed by atoms with Crippen molar-refractivity contribution in [1.82, 2.24) is 4.90 Å². The van der Waals surface area contributed by atoms with E-state index >= 15 is 0 Å². The van der Waals surface area contributed by atoms with E-state index in [0.717, 1.165) is 4.88 Å². The summed E-state index contributed by atoms with van der Waals surface area (Å²) in [7, 11) is 4.35. The molecule has 0 radical (unpaired) electrons. The van der Waals surface area contributed by atoms with Gasteiger partial charge in [0.15, 0.2) is 11.5 Å². The van der Waals surface area contributed by atoms with Crippen LogP contribution in [0.25, 0.3) is 5.76 Å². The van der Waals surface area contributed by atoms with E-state index in [2.05, 4.69) is 0 Å². The van der Waals surface area contributed by atoms with Crippen molar-refractivity contribution in [1.29, 1.82) is 0 Å². The molecule has 1 N–H and O–H groups in total. The second-order valence-electron chi connectivity index (χ2n) is 7.77. The molecule has 0 bridgehead atoms. The Morgan fingerprint density at radius 2 is 1.69 bits per heavy atom. The minimum Gasteiger partial charge on any atom is -0.507 e. The van der Waals surface area contributed by atoms with Gasteiger partial charge in [-0.3, -0.25) is 19.7 Å². The van der Waals surface area contributed by atoms with Gasteiger partial charge in [0.05, 0.1) is 44.4 Å². The zero-order valence-corrected chi connectivity index (χ0v) is 20.4. The van der Waals surface area contributed by atoms with Crippen LogP contribution >= 0.6 is 11.3 Å². The maximum atomic E-state index is 13.2. The molecule has 2 heterocycles. The third-order valence-electron chi connectivity index (χ3n) is 5.80. The molecule has 1 unspecified atom stereocenters. The quantitative estimate of drug-likeness (QED) is 0.156. The highest BCUT2D eigenvalue weighted by atomic mass is 32.1. The molecule has 0 aliphatic carbocycles. The summed E-state index contributed by atoms with van der Waals surface area (Å²) >= 11 is 1.42. The van der Waals surface area contributed by atoms with Gasteiger partial charge in [-0.1, -0.05) is 6.07 Å². The molecular formula is C25H22N2O8S. The normalized spacial score (nSPS) is 16.8. The number of hydrogen-bond acceptors (Lipinski definition) is 9. The first-order valence-electron chi connectivity index (χ1n) is 10.7. The molecule has 10 nitrogen and oxygen atoms in total. The van der Waals surface area contributed by atoms with E-state index in [0.29, 0.717) is 22.8 Å². The first-order valence-corrected chi connectivity index (χ1v) is 11.5. The molecule has 4 rings (SSSR count). The number of ether oxygens (including phenoxy) is 3. The molecule has 0 spiro atoms. The van der Waals surface area contributed by atoms with Crippen LogP contribution < -0.4 is 14.2 Å². The second-order valence-corrected chi connectivity index (χ2v) is 8.80. The van der Waals surface area contributed by atoms with E-state index in [-0.39, 0.29) is 23.4 Å². The fourth-order valence-electron chi connectivity index (χ4n) is 4.12. The predicted molar refractivity (Wildman–Crippen MR) is 131 cm³/mol. The lowest BCUT2D eigenvalue weighted by atomic mass is 9.94. The maximum absolute atomic E-state index is 13.2. The summed E-state index contributed by atoms with van der Waals surface area (Å²) in [5.74, 6) is -1.16. The molecular weight excluding hydrogens is 488 g/mol. The van der Waals surface area contributed by atoms with Gasteiger partial charge in [0.25, 0.3) is 17.4 Å². The summed E-state index contributed by atoms with van der Waals surface area (Å²) in [5, 5.41) is 24.1. The van der Waals surface area contributed by atoms with Crippen LogP contribution in [-0.4, -0.2) is 47.9 Å². The lowest BCUT2D eigenvalue weighted by Crippen LogP contribution is -2.29. The van der Waals surface area contributed by atoms with Crippen molar-refractivity contribution >= 4 is 34.5 Å². The van der Waals surface area contributed by atoms with E-state index in [4.69, 9.17) is 14.2 Å². The molecule has 1 aromatic heterocycles. The molecule has 1 aliphatic heterocycles. The number of nitrogens with zero attached hydrogens (tertiary/aromatic N) is 2. The highest BCUT2D eigenvalue weighted by molar-refractivity contribution is 7.09. The van der Waals surface area contributed by atoms with Gasteiger partial charge < -0.3 is 24.2 Å². The highest BCUT2D eigenvalue weighted by Gasteiger charge is 2.46. The summed E-state index contributed by atoms with van der Waals surface area (Å²) in [4.78, 5) is 39.1. The van der Waals surface area contributed by atoms with E-state index in [1.807, 2.05) is 17.5 Å². The average Bonchev–Trinajstić information content (AvgIpc) is 3.49. The van der Waals surface area contributed by atoms with Crippen LogP contribution in [0.3, 0.4) is 0 Å². The van der Waals surface area contributed by atoms with Crippen LogP contribution in [0.15, 0.2) is 59.5 Å². The monoisotopic (exact) mass is 510 g/mol. The molecule has 186 valence electrons. The number of methoxy groups -OCH3 is 3. The van der Waals surface area contributed by atoms with Gasteiger partial charge in [0, 0.05) is 22.6 Å². The number of likely N-dealkylation sites (tertiary alicyclic amines) is 1. The lowest BCUT2D eigenvalue weighted by molar-refractivity contribution is -0.384. The average molecular weight is 511 g/mol. The number of ketones is 1. The third kappa shape index (κ3) is 4.36. The third-order valence-corrected chi connectivity index (χ3v) is 6.66. The van der Waals surface area contributed by atoms with Crippen LogP contribution in [0, 0.1) is 10.1 Å². The topological polar surface area (TPSA) is 128 Å².